The summed E-state index contributed by atoms with van der Waals surface area (Å²) in [4.78, 5) is 67.3. The van der Waals surface area contributed by atoms with Gasteiger partial charge in [-0.1, -0.05) is 30.3 Å². The van der Waals surface area contributed by atoms with Gasteiger partial charge in [-0.25, -0.2) is 4.98 Å². The third-order valence-corrected chi connectivity index (χ3v) is 5.29. The van der Waals surface area contributed by atoms with Crippen molar-refractivity contribution in [3.63, 3.8) is 0 Å². The maximum absolute atomic E-state index is 12.7. The number of carbonyl (C=O) groups excluding carboxylic acids is 3. The van der Waals surface area contributed by atoms with Crippen molar-refractivity contribution >= 4 is 39.9 Å². The number of rotatable bonds is 8. The van der Waals surface area contributed by atoms with E-state index in [1.165, 1.54) is 31.4 Å². The van der Waals surface area contributed by atoms with E-state index in [4.69, 9.17) is 4.74 Å². The minimum absolute atomic E-state index is 0.199. The van der Waals surface area contributed by atoms with Crippen LogP contribution in [0.1, 0.15) is 21.6 Å². The van der Waals surface area contributed by atoms with Crippen molar-refractivity contribution in [2.45, 2.75) is 6.42 Å². The van der Waals surface area contributed by atoms with Crippen molar-refractivity contribution in [3.8, 4) is 5.75 Å². The van der Waals surface area contributed by atoms with Gasteiger partial charge in [0.1, 0.15) is 17.1 Å². The van der Waals surface area contributed by atoms with E-state index >= 15 is 0 Å². The van der Waals surface area contributed by atoms with Gasteiger partial charge in [-0.3, -0.25) is 29.3 Å². The van der Waals surface area contributed by atoms with Gasteiger partial charge in [0, 0.05) is 11.1 Å². The summed E-state index contributed by atoms with van der Waals surface area (Å²) in [7, 11) is 1.33. The molecule has 0 atom stereocenters. The summed E-state index contributed by atoms with van der Waals surface area (Å²) in [6.45, 7) is 0. The number of nitrogens with zero attached hydrogens (tertiary/aromatic N) is 2. The van der Waals surface area contributed by atoms with Gasteiger partial charge >= 0.3 is 0 Å². The topological polar surface area (TPSA) is 161 Å². The summed E-state index contributed by atoms with van der Waals surface area (Å²) in [5, 5.41) is 13.5. The molecule has 11 nitrogen and oxygen atoms in total. The molecule has 180 valence electrons. The number of aromatic amines is 1. The number of nitro groups is 1. The number of Topliss-reactive ketones (excluding diaryl/α,β-unsaturated/α-hetero) is 1. The molecule has 0 spiro atoms. The van der Waals surface area contributed by atoms with Crippen molar-refractivity contribution in [1.29, 1.82) is 0 Å². The van der Waals surface area contributed by atoms with Gasteiger partial charge in [0.2, 0.25) is 5.78 Å². The number of hydrogen-bond acceptors (Lipinski definition) is 8. The molecule has 2 N–H and O–H groups in total. The van der Waals surface area contributed by atoms with Crippen LogP contribution in [-0.2, 0) is 16.0 Å². The average Bonchev–Trinajstić information content (AvgIpc) is 2.88. The third kappa shape index (κ3) is 4.99. The number of nitrogens with one attached hydrogen (secondary N) is 2. The molecule has 1 heterocycles. The fourth-order valence-corrected chi connectivity index (χ4v) is 3.46. The number of carbonyl (C=O) groups is 3. The molecule has 0 radical (unpaired) electrons. The second-order valence-corrected chi connectivity index (χ2v) is 7.63. The fraction of sp³-hybridized carbons (Fsp3) is 0.0800. The molecular formula is C25H18N4O7. The molecule has 0 saturated heterocycles. The summed E-state index contributed by atoms with van der Waals surface area (Å²) in [5.41, 5.74) is -0.150. The van der Waals surface area contributed by atoms with Crippen LogP contribution >= 0.6 is 0 Å². The molecule has 0 saturated carbocycles. The number of ether oxygens (including phenoxy) is 1. The lowest BCUT2D eigenvalue weighted by atomic mass is 10.0. The smallest absolute Gasteiger partial charge is 0.296 e. The summed E-state index contributed by atoms with van der Waals surface area (Å²) >= 11 is 0. The zero-order valence-electron chi connectivity index (χ0n) is 18.8. The zero-order chi connectivity index (χ0) is 25.8. The van der Waals surface area contributed by atoms with E-state index in [9.17, 15) is 29.3 Å². The standard InChI is InChI=1S/C25H18N4O7/c1-36-16-8-10-18(21(12-16)29(34)35)27-25(33)22(30)13-20-24(32)28-19-11-15(7-9-17(19)26-20)23(31)14-5-3-2-4-6-14/h2-12H,13H2,1H3,(H,27,33)(H,28,32). The summed E-state index contributed by atoms with van der Waals surface area (Å²) in [5.74, 6) is -2.20. The van der Waals surface area contributed by atoms with Crippen LogP contribution in [0.25, 0.3) is 11.0 Å². The molecule has 0 aliphatic rings. The highest BCUT2D eigenvalue weighted by atomic mass is 16.6. The average molecular weight is 486 g/mol. The quantitative estimate of drug-likeness (QED) is 0.166. The van der Waals surface area contributed by atoms with Crippen LogP contribution in [0.4, 0.5) is 11.4 Å². The Labute approximate surface area is 202 Å². The normalized spacial score (nSPS) is 10.6. The highest BCUT2D eigenvalue weighted by Gasteiger charge is 2.22. The monoisotopic (exact) mass is 486 g/mol. The first kappa shape index (κ1) is 24.0. The summed E-state index contributed by atoms with van der Waals surface area (Å²) < 4.78 is 4.93. The predicted molar refractivity (Wildman–Crippen MR) is 129 cm³/mol. The SMILES string of the molecule is COc1ccc(NC(=O)C(=O)Cc2nc3ccc(C(=O)c4ccccc4)cc3[nH]c2=O)c([N+](=O)[O-])c1. The van der Waals surface area contributed by atoms with Gasteiger partial charge in [-0.05, 0) is 30.3 Å². The maximum Gasteiger partial charge on any atom is 0.296 e. The van der Waals surface area contributed by atoms with Crippen molar-refractivity contribution in [1.82, 2.24) is 9.97 Å². The fourth-order valence-electron chi connectivity index (χ4n) is 3.46. The minimum atomic E-state index is -1.15. The zero-order valence-corrected chi connectivity index (χ0v) is 18.8. The van der Waals surface area contributed by atoms with Crippen molar-refractivity contribution in [2.75, 3.05) is 12.4 Å². The Morgan fingerprint density at radius 1 is 1.03 bits per heavy atom. The van der Waals surface area contributed by atoms with Crippen LogP contribution in [0.5, 0.6) is 5.75 Å². The molecule has 4 aromatic rings. The van der Waals surface area contributed by atoms with Crippen LogP contribution in [-0.4, -0.2) is 39.5 Å². The van der Waals surface area contributed by atoms with E-state index in [1.54, 1.807) is 36.4 Å². The van der Waals surface area contributed by atoms with Crippen molar-refractivity contribution < 1.29 is 24.0 Å². The van der Waals surface area contributed by atoms with Gasteiger partial charge in [0.25, 0.3) is 17.2 Å². The predicted octanol–water partition coefficient (Wildman–Crippen LogP) is 2.82. The molecule has 0 bridgehead atoms. The van der Waals surface area contributed by atoms with E-state index in [2.05, 4.69) is 15.3 Å². The lowest BCUT2D eigenvalue weighted by Crippen LogP contribution is -2.28. The lowest BCUT2D eigenvalue weighted by molar-refractivity contribution is -0.384. The Hall–Kier alpha value is -5.19. The maximum atomic E-state index is 12.7. The molecule has 36 heavy (non-hydrogen) atoms. The first-order valence-corrected chi connectivity index (χ1v) is 10.6. The molecule has 4 rings (SSSR count). The Morgan fingerprint density at radius 3 is 2.47 bits per heavy atom. The van der Waals surface area contributed by atoms with Gasteiger partial charge in [-0.15, -0.1) is 0 Å². The molecule has 3 aromatic carbocycles. The van der Waals surface area contributed by atoms with Gasteiger partial charge in [0.05, 0.1) is 35.6 Å². The van der Waals surface area contributed by atoms with Crippen LogP contribution in [0.15, 0.2) is 71.5 Å². The van der Waals surface area contributed by atoms with E-state index < -0.39 is 34.3 Å². The molecule has 1 aromatic heterocycles. The molecule has 0 aliphatic carbocycles. The van der Waals surface area contributed by atoms with Gasteiger partial charge in [0.15, 0.2) is 5.78 Å². The lowest BCUT2D eigenvalue weighted by Gasteiger charge is -2.07. The van der Waals surface area contributed by atoms with Crippen LogP contribution in [0.3, 0.4) is 0 Å². The molecule has 0 fully saturated rings. The number of aromatic nitrogens is 2. The van der Waals surface area contributed by atoms with Gasteiger partial charge in [-0.2, -0.15) is 0 Å². The molecular weight excluding hydrogens is 468 g/mol. The van der Waals surface area contributed by atoms with Crippen molar-refractivity contribution in [2.24, 2.45) is 0 Å². The van der Waals surface area contributed by atoms with E-state index in [1.807, 2.05) is 0 Å². The number of fused-ring (bicyclic) bond motifs is 1. The van der Waals surface area contributed by atoms with Gasteiger partial charge < -0.3 is 15.0 Å². The first-order chi connectivity index (χ1) is 17.3. The number of anilines is 1. The largest absolute Gasteiger partial charge is 0.496 e. The molecule has 0 unspecified atom stereocenters. The summed E-state index contributed by atoms with van der Waals surface area (Å²) in [6, 6.07) is 16.9. The van der Waals surface area contributed by atoms with E-state index in [0.29, 0.717) is 16.6 Å². The Morgan fingerprint density at radius 2 is 1.78 bits per heavy atom. The van der Waals surface area contributed by atoms with E-state index in [0.717, 1.165) is 6.07 Å². The molecule has 0 aliphatic heterocycles. The van der Waals surface area contributed by atoms with Crippen molar-refractivity contribution in [3.05, 3.63) is 104 Å². The number of hydrogen-bond donors (Lipinski definition) is 2. The highest BCUT2D eigenvalue weighted by Crippen LogP contribution is 2.29. The second-order valence-electron chi connectivity index (χ2n) is 7.63. The molecule has 11 heteroatoms. The Balaban J connectivity index is 1.54. The first-order valence-electron chi connectivity index (χ1n) is 10.6. The molecule has 1 amide bonds. The number of methoxy groups -OCH3 is 1. The summed E-state index contributed by atoms with van der Waals surface area (Å²) in [6.07, 6.45) is -0.633. The minimum Gasteiger partial charge on any atom is -0.496 e. The third-order valence-electron chi connectivity index (χ3n) is 5.29. The number of amides is 1. The number of ketones is 2. The second kappa shape index (κ2) is 9.97. The Kier molecular flexibility index (Phi) is 6.63. The number of H-pyrrole nitrogens is 1. The Bertz CT molecular complexity index is 1580. The number of nitro benzene ring substituents is 1. The highest BCUT2D eigenvalue weighted by molar-refractivity contribution is 6.41. The van der Waals surface area contributed by atoms with E-state index in [-0.39, 0.29) is 28.4 Å². The number of benzene rings is 3. The van der Waals surface area contributed by atoms with Crippen LogP contribution < -0.4 is 15.6 Å². The van der Waals surface area contributed by atoms with Crippen LogP contribution in [0, 0.1) is 10.1 Å². The van der Waals surface area contributed by atoms with Crippen LogP contribution in [0.2, 0.25) is 0 Å².